The van der Waals surface area contributed by atoms with E-state index in [0.29, 0.717) is 37.6 Å². The molecule has 2 rings (SSSR count). The Morgan fingerprint density at radius 2 is 1.61 bits per heavy atom. The number of ether oxygens (including phenoxy) is 2. The third-order valence-electron chi connectivity index (χ3n) is 3.54. The van der Waals surface area contributed by atoms with Crippen LogP contribution in [0.2, 0.25) is 0 Å². The van der Waals surface area contributed by atoms with Gasteiger partial charge in [-0.05, 0) is 37.5 Å². The summed E-state index contributed by atoms with van der Waals surface area (Å²) in [5.41, 5.74) is 0.828. The van der Waals surface area contributed by atoms with Crippen LogP contribution in [-0.4, -0.2) is 24.3 Å². The van der Waals surface area contributed by atoms with Crippen LogP contribution in [0.1, 0.15) is 31.2 Å². The number of benzene rings is 2. The van der Waals surface area contributed by atoms with Crippen molar-refractivity contribution >= 4 is 5.97 Å². The maximum atomic E-state index is 11.4. The Balaban J connectivity index is 1.88. The summed E-state index contributed by atoms with van der Waals surface area (Å²) in [6.45, 7) is 2.96. The number of carboxylic acid groups (broad SMARTS) is 1. The lowest BCUT2D eigenvalue weighted by Gasteiger charge is -2.14. The van der Waals surface area contributed by atoms with E-state index >= 15 is 0 Å². The van der Waals surface area contributed by atoms with E-state index in [-0.39, 0.29) is 0 Å². The first kappa shape index (κ1) is 16.9. The van der Waals surface area contributed by atoms with Gasteiger partial charge in [-0.3, -0.25) is 4.79 Å². The minimum atomic E-state index is -0.800. The van der Waals surface area contributed by atoms with E-state index in [9.17, 15) is 9.90 Å². The normalized spacial score (nSPS) is 11.7. The second-order valence-electron chi connectivity index (χ2n) is 5.17. The largest absolute Gasteiger partial charge is 0.490 e. The van der Waals surface area contributed by atoms with Crippen molar-refractivity contribution in [2.75, 3.05) is 13.2 Å². The molecule has 0 spiro atoms. The average molecular weight is 314 g/mol. The Hall–Kier alpha value is -2.49. The first-order chi connectivity index (χ1) is 11.2. The fourth-order valence-electron chi connectivity index (χ4n) is 2.43. The highest BCUT2D eigenvalue weighted by atomic mass is 16.5. The van der Waals surface area contributed by atoms with Crippen molar-refractivity contribution in [2.45, 2.75) is 25.7 Å². The Bertz CT molecular complexity index is 610. The van der Waals surface area contributed by atoms with Crippen LogP contribution in [0.15, 0.2) is 54.6 Å². The fraction of sp³-hybridized carbons (Fsp3) is 0.316. The Morgan fingerprint density at radius 1 is 1.00 bits per heavy atom. The van der Waals surface area contributed by atoms with Crippen LogP contribution in [0.25, 0.3) is 0 Å². The Labute approximate surface area is 136 Å². The zero-order valence-corrected chi connectivity index (χ0v) is 13.3. The molecule has 1 atom stereocenters. The van der Waals surface area contributed by atoms with Gasteiger partial charge in [0.2, 0.25) is 0 Å². The van der Waals surface area contributed by atoms with Crippen molar-refractivity contribution in [3.8, 4) is 11.5 Å². The van der Waals surface area contributed by atoms with Crippen LogP contribution in [0.3, 0.4) is 0 Å². The summed E-state index contributed by atoms with van der Waals surface area (Å²) in [7, 11) is 0. The number of carboxylic acids is 1. The molecule has 0 heterocycles. The van der Waals surface area contributed by atoms with Gasteiger partial charge in [-0.25, -0.2) is 0 Å². The average Bonchev–Trinajstić information content (AvgIpc) is 2.57. The quantitative estimate of drug-likeness (QED) is 0.708. The molecule has 4 nitrogen and oxygen atoms in total. The summed E-state index contributed by atoms with van der Waals surface area (Å²) in [6, 6.07) is 16.8. The molecule has 0 fully saturated rings. The third kappa shape index (κ3) is 5.02. The summed E-state index contributed by atoms with van der Waals surface area (Å²) in [6.07, 6.45) is 1.20. The number of aliphatic carboxylic acids is 1. The van der Waals surface area contributed by atoms with Crippen LogP contribution in [0.4, 0.5) is 0 Å². The van der Waals surface area contributed by atoms with Crippen LogP contribution >= 0.6 is 0 Å². The molecule has 2 aromatic carbocycles. The number of rotatable bonds is 9. The maximum absolute atomic E-state index is 11.4. The van der Waals surface area contributed by atoms with E-state index in [1.54, 1.807) is 0 Å². The molecule has 4 heteroatoms. The minimum Gasteiger partial charge on any atom is -0.490 e. The van der Waals surface area contributed by atoms with E-state index < -0.39 is 11.9 Å². The predicted octanol–water partition coefficient (Wildman–Crippen LogP) is 4.11. The fourth-order valence-corrected chi connectivity index (χ4v) is 2.43. The number of hydrogen-bond acceptors (Lipinski definition) is 3. The van der Waals surface area contributed by atoms with Gasteiger partial charge in [0, 0.05) is 0 Å². The second-order valence-corrected chi connectivity index (χ2v) is 5.17. The zero-order valence-electron chi connectivity index (χ0n) is 13.3. The summed E-state index contributed by atoms with van der Waals surface area (Å²) in [5, 5.41) is 9.40. The summed E-state index contributed by atoms with van der Waals surface area (Å²) < 4.78 is 11.2. The van der Waals surface area contributed by atoms with Crippen molar-refractivity contribution in [2.24, 2.45) is 0 Å². The van der Waals surface area contributed by atoms with Gasteiger partial charge in [0.15, 0.2) is 11.5 Å². The molecule has 1 unspecified atom stereocenters. The summed E-state index contributed by atoms with van der Waals surface area (Å²) in [5.74, 6) is 0.113. The highest BCUT2D eigenvalue weighted by Crippen LogP contribution is 2.27. The number of carbonyl (C=O) groups is 1. The lowest BCUT2D eigenvalue weighted by molar-refractivity contribution is -0.139. The van der Waals surface area contributed by atoms with Crippen molar-refractivity contribution in [1.82, 2.24) is 0 Å². The van der Waals surface area contributed by atoms with Crippen LogP contribution in [-0.2, 0) is 4.79 Å². The Morgan fingerprint density at radius 3 is 2.22 bits per heavy atom. The van der Waals surface area contributed by atoms with Gasteiger partial charge >= 0.3 is 5.97 Å². The monoisotopic (exact) mass is 314 g/mol. The smallest absolute Gasteiger partial charge is 0.310 e. The van der Waals surface area contributed by atoms with Crippen molar-refractivity contribution in [3.05, 3.63) is 60.2 Å². The molecule has 0 saturated heterocycles. The number of para-hydroxylation sites is 2. The van der Waals surface area contributed by atoms with E-state index in [1.807, 2.05) is 61.5 Å². The number of hydrogen-bond donors (Lipinski definition) is 1. The molecular weight excluding hydrogens is 292 g/mol. The van der Waals surface area contributed by atoms with E-state index in [0.717, 1.165) is 5.56 Å². The second kappa shape index (κ2) is 8.83. The molecule has 0 bridgehead atoms. The van der Waals surface area contributed by atoms with Crippen molar-refractivity contribution in [3.63, 3.8) is 0 Å². The molecule has 0 aliphatic rings. The van der Waals surface area contributed by atoms with E-state index in [2.05, 4.69) is 0 Å². The van der Waals surface area contributed by atoms with Gasteiger partial charge in [-0.15, -0.1) is 0 Å². The van der Waals surface area contributed by atoms with E-state index in [1.165, 1.54) is 0 Å². The standard InChI is InChI=1S/C19H22O4/c1-2-22-17-12-6-7-13-18(17)23-14-8-11-16(19(20)21)15-9-4-3-5-10-15/h3-7,9-10,12-13,16H,2,8,11,14H2,1H3,(H,20,21). The molecule has 0 amide bonds. The van der Waals surface area contributed by atoms with E-state index in [4.69, 9.17) is 9.47 Å². The molecule has 0 aliphatic carbocycles. The van der Waals surface area contributed by atoms with Crippen LogP contribution < -0.4 is 9.47 Å². The molecule has 1 N–H and O–H groups in total. The molecule has 122 valence electrons. The van der Waals surface area contributed by atoms with Gasteiger partial charge in [0.05, 0.1) is 19.1 Å². The van der Waals surface area contributed by atoms with Gasteiger partial charge in [-0.2, -0.15) is 0 Å². The maximum Gasteiger partial charge on any atom is 0.310 e. The van der Waals surface area contributed by atoms with Crippen molar-refractivity contribution in [1.29, 1.82) is 0 Å². The highest BCUT2D eigenvalue weighted by Gasteiger charge is 2.19. The molecule has 2 aromatic rings. The molecule has 0 radical (unpaired) electrons. The van der Waals surface area contributed by atoms with Crippen molar-refractivity contribution < 1.29 is 19.4 Å². The van der Waals surface area contributed by atoms with Crippen LogP contribution in [0.5, 0.6) is 11.5 Å². The summed E-state index contributed by atoms with van der Waals surface area (Å²) >= 11 is 0. The van der Waals surface area contributed by atoms with Gasteiger partial charge in [0.1, 0.15) is 0 Å². The summed E-state index contributed by atoms with van der Waals surface area (Å²) in [4.78, 5) is 11.4. The predicted molar refractivity (Wildman–Crippen MR) is 89.2 cm³/mol. The molecular formula is C19H22O4. The van der Waals surface area contributed by atoms with Gasteiger partial charge in [0.25, 0.3) is 0 Å². The Kier molecular flexibility index (Phi) is 6.48. The van der Waals surface area contributed by atoms with Gasteiger partial charge in [-0.1, -0.05) is 42.5 Å². The first-order valence-corrected chi connectivity index (χ1v) is 7.84. The SMILES string of the molecule is CCOc1ccccc1OCCCC(C(=O)O)c1ccccc1. The lowest BCUT2D eigenvalue weighted by Crippen LogP contribution is -2.13. The molecule has 0 saturated carbocycles. The third-order valence-corrected chi connectivity index (χ3v) is 3.54. The zero-order chi connectivity index (χ0) is 16.5. The van der Waals surface area contributed by atoms with Gasteiger partial charge < -0.3 is 14.6 Å². The van der Waals surface area contributed by atoms with Crippen LogP contribution in [0, 0.1) is 0 Å². The lowest BCUT2D eigenvalue weighted by atomic mass is 9.95. The highest BCUT2D eigenvalue weighted by molar-refractivity contribution is 5.75. The molecule has 0 aliphatic heterocycles. The topological polar surface area (TPSA) is 55.8 Å². The molecule has 23 heavy (non-hydrogen) atoms. The first-order valence-electron chi connectivity index (χ1n) is 7.84. The molecule has 0 aromatic heterocycles. The minimum absolute atomic E-state index is 0.459.